The zero-order valence-corrected chi connectivity index (χ0v) is 10.5. The molecule has 0 fully saturated rings. The molecule has 0 aliphatic carbocycles. The van der Waals surface area contributed by atoms with Gasteiger partial charge in [0, 0.05) is 16.7 Å². The second kappa shape index (κ2) is 5.36. The lowest BCUT2D eigenvalue weighted by Crippen LogP contribution is -2.00. The van der Waals surface area contributed by atoms with Crippen LogP contribution in [0.15, 0.2) is 36.4 Å². The first-order chi connectivity index (χ1) is 8.56. The maximum atomic E-state index is 13.4. The standard InChI is InChI=1S/C14H11ClF2O/c1-9-2-4-12(16)7-14(9)18-8-10-6-11(15)3-5-13(10)17/h2-7H,8H2,1H3. The summed E-state index contributed by atoms with van der Waals surface area (Å²) in [5.41, 5.74) is 1.13. The quantitative estimate of drug-likeness (QED) is 0.796. The molecule has 0 amide bonds. The fraction of sp³-hybridized carbons (Fsp3) is 0.143. The molecule has 0 saturated heterocycles. The van der Waals surface area contributed by atoms with Crippen LogP contribution in [0, 0.1) is 18.6 Å². The summed E-state index contributed by atoms with van der Waals surface area (Å²) in [7, 11) is 0. The van der Waals surface area contributed by atoms with Gasteiger partial charge >= 0.3 is 0 Å². The molecule has 4 heteroatoms. The molecular weight excluding hydrogens is 258 g/mol. The van der Waals surface area contributed by atoms with Crippen molar-refractivity contribution in [3.63, 3.8) is 0 Å². The van der Waals surface area contributed by atoms with Crippen molar-refractivity contribution in [2.45, 2.75) is 13.5 Å². The number of benzene rings is 2. The smallest absolute Gasteiger partial charge is 0.129 e. The van der Waals surface area contributed by atoms with Crippen molar-refractivity contribution in [1.82, 2.24) is 0 Å². The topological polar surface area (TPSA) is 9.23 Å². The third kappa shape index (κ3) is 2.99. The predicted molar refractivity (Wildman–Crippen MR) is 66.9 cm³/mol. The molecule has 0 aliphatic heterocycles. The van der Waals surface area contributed by atoms with E-state index in [1.807, 2.05) is 0 Å². The maximum absolute atomic E-state index is 13.4. The van der Waals surface area contributed by atoms with Gasteiger partial charge in [0.1, 0.15) is 24.0 Å². The molecule has 0 radical (unpaired) electrons. The van der Waals surface area contributed by atoms with E-state index in [0.29, 0.717) is 16.3 Å². The van der Waals surface area contributed by atoms with Crippen LogP contribution in [0.5, 0.6) is 5.75 Å². The van der Waals surface area contributed by atoms with Gasteiger partial charge in [-0.15, -0.1) is 0 Å². The highest BCUT2D eigenvalue weighted by Crippen LogP contribution is 2.22. The SMILES string of the molecule is Cc1ccc(F)cc1OCc1cc(Cl)ccc1F. The van der Waals surface area contributed by atoms with Crippen LogP contribution in [0.4, 0.5) is 8.78 Å². The molecule has 94 valence electrons. The first-order valence-electron chi connectivity index (χ1n) is 5.39. The molecule has 0 aromatic heterocycles. The molecular formula is C14H11ClF2O. The highest BCUT2D eigenvalue weighted by atomic mass is 35.5. The van der Waals surface area contributed by atoms with Gasteiger partial charge in [-0.05, 0) is 36.8 Å². The number of halogens is 3. The summed E-state index contributed by atoms with van der Waals surface area (Å²) in [6.45, 7) is 1.81. The van der Waals surface area contributed by atoms with Gasteiger partial charge in [-0.3, -0.25) is 0 Å². The van der Waals surface area contributed by atoms with Crippen LogP contribution in [0.25, 0.3) is 0 Å². The van der Waals surface area contributed by atoms with Gasteiger partial charge in [-0.2, -0.15) is 0 Å². The van der Waals surface area contributed by atoms with Gasteiger partial charge in [0.2, 0.25) is 0 Å². The summed E-state index contributed by atoms with van der Waals surface area (Å²) in [5.74, 6) is -0.384. The zero-order chi connectivity index (χ0) is 13.1. The second-order valence-corrected chi connectivity index (χ2v) is 4.37. The Labute approximate surface area is 109 Å². The first kappa shape index (κ1) is 12.8. The third-order valence-electron chi connectivity index (χ3n) is 2.54. The number of ether oxygens (including phenoxy) is 1. The Kier molecular flexibility index (Phi) is 3.82. The molecule has 0 saturated carbocycles. The summed E-state index contributed by atoms with van der Waals surface area (Å²) < 4.78 is 31.9. The lowest BCUT2D eigenvalue weighted by molar-refractivity contribution is 0.296. The molecule has 2 rings (SSSR count). The van der Waals surface area contributed by atoms with Crippen LogP contribution >= 0.6 is 11.6 Å². The molecule has 2 aromatic rings. The lowest BCUT2D eigenvalue weighted by Gasteiger charge is -2.10. The monoisotopic (exact) mass is 268 g/mol. The Morgan fingerprint density at radius 3 is 2.67 bits per heavy atom. The Balaban J connectivity index is 2.16. The summed E-state index contributed by atoms with van der Waals surface area (Å²) in [6, 6.07) is 8.47. The van der Waals surface area contributed by atoms with Crippen molar-refractivity contribution in [3.8, 4) is 5.75 Å². The van der Waals surface area contributed by atoms with Crippen LogP contribution in [0.3, 0.4) is 0 Å². The van der Waals surface area contributed by atoms with E-state index in [9.17, 15) is 8.78 Å². The summed E-state index contributed by atoms with van der Waals surface area (Å²) in [6.07, 6.45) is 0. The average molecular weight is 269 g/mol. The minimum atomic E-state index is -0.395. The van der Waals surface area contributed by atoms with Gasteiger partial charge < -0.3 is 4.74 Å². The van der Waals surface area contributed by atoms with Crippen LogP contribution in [0.2, 0.25) is 5.02 Å². The fourth-order valence-corrected chi connectivity index (χ4v) is 1.73. The third-order valence-corrected chi connectivity index (χ3v) is 2.78. The zero-order valence-electron chi connectivity index (χ0n) is 9.71. The highest BCUT2D eigenvalue weighted by Gasteiger charge is 2.06. The van der Waals surface area contributed by atoms with Crippen LogP contribution in [-0.4, -0.2) is 0 Å². The van der Waals surface area contributed by atoms with Gasteiger partial charge in [0.25, 0.3) is 0 Å². The van der Waals surface area contributed by atoms with E-state index in [2.05, 4.69) is 0 Å². The molecule has 2 aromatic carbocycles. The highest BCUT2D eigenvalue weighted by molar-refractivity contribution is 6.30. The van der Waals surface area contributed by atoms with Crippen molar-refractivity contribution < 1.29 is 13.5 Å². The second-order valence-electron chi connectivity index (χ2n) is 3.93. The first-order valence-corrected chi connectivity index (χ1v) is 5.77. The van der Waals surface area contributed by atoms with E-state index >= 15 is 0 Å². The Morgan fingerprint density at radius 1 is 1.11 bits per heavy atom. The summed E-state index contributed by atoms with van der Waals surface area (Å²) >= 11 is 5.77. The maximum Gasteiger partial charge on any atom is 0.129 e. The molecule has 0 N–H and O–H groups in total. The van der Waals surface area contributed by atoms with E-state index in [-0.39, 0.29) is 12.4 Å². The predicted octanol–water partition coefficient (Wildman–Crippen LogP) is 4.51. The summed E-state index contributed by atoms with van der Waals surface area (Å²) in [5, 5.41) is 0.436. The number of rotatable bonds is 3. The molecule has 0 spiro atoms. The minimum Gasteiger partial charge on any atom is -0.488 e. The summed E-state index contributed by atoms with van der Waals surface area (Å²) in [4.78, 5) is 0. The lowest BCUT2D eigenvalue weighted by atomic mass is 10.2. The Morgan fingerprint density at radius 2 is 1.89 bits per heavy atom. The van der Waals surface area contributed by atoms with Crippen molar-refractivity contribution in [2.24, 2.45) is 0 Å². The van der Waals surface area contributed by atoms with Crippen molar-refractivity contribution >= 4 is 11.6 Å². The number of hydrogen-bond donors (Lipinski definition) is 0. The van der Waals surface area contributed by atoms with Gasteiger partial charge in [-0.1, -0.05) is 17.7 Å². The van der Waals surface area contributed by atoms with Crippen LogP contribution in [0.1, 0.15) is 11.1 Å². The van der Waals surface area contributed by atoms with Crippen LogP contribution < -0.4 is 4.74 Å². The Hall–Kier alpha value is -1.61. The van der Waals surface area contributed by atoms with Gasteiger partial charge in [-0.25, -0.2) is 8.78 Å². The van der Waals surface area contributed by atoms with Crippen molar-refractivity contribution in [1.29, 1.82) is 0 Å². The van der Waals surface area contributed by atoms with E-state index in [0.717, 1.165) is 5.56 Å². The molecule has 0 bridgehead atoms. The molecule has 0 aliphatic rings. The van der Waals surface area contributed by atoms with Crippen LogP contribution in [-0.2, 0) is 6.61 Å². The molecule has 0 heterocycles. The Bertz CT molecular complexity index is 518. The van der Waals surface area contributed by atoms with Gasteiger partial charge in [0.15, 0.2) is 0 Å². The minimum absolute atomic E-state index is 0.0106. The number of aryl methyl sites for hydroxylation is 1. The average Bonchev–Trinajstić information content (AvgIpc) is 2.34. The normalized spacial score (nSPS) is 10.4. The number of hydrogen-bond acceptors (Lipinski definition) is 1. The van der Waals surface area contributed by atoms with E-state index in [4.69, 9.17) is 16.3 Å². The molecule has 0 unspecified atom stereocenters. The van der Waals surface area contributed by atoms with Gasteiger partial charge in [0.05, 0.1) is 0 Å². The largest absolute Gasteiger partial charge is 0.488 e. The van der Waals surface area contributed by atoms with E-state index in [1.54, 1.807) is 13.0 Å². The van der Waals surface area contributed by atoms with Crippen molar-refractivity contribution in [3.05, 3.63) is 64.2 Å². The molecule has 18 heavy (non-hydrogen) atoms. The molecule has 0 atom stereocenters. The van der Waals surface area contributed by atoms with E-state index < -0.39 is 5.82 Å². The van der Waals surface area contributed by atoms with E-state index in [1.165, 1.54) is 30.3 Å². The fourth-order valence-electron chi connectivity index (χ4n) is 1.54. The molecule has 1 nitrogen and oxygen atoms in total. The van der Waals surface area contributed by atoms with Crippen molar-refractivity contribution in [2.75, 3.05) is 0 Å².